The summed E-state index contributed by atoms with van der Waals surface area (Å²) in [6, 6.07) is 29.2. The molecule has 0 aliphatic heterocycles. The number of ether oxygens (including phenoxy) is 1. The molecule has 0 heterocycles. The highest BCUT2D eigenvalue weighted by molar-refractivity contribution is 6.13. The fourth-order valence-electron chi connectivity index (χ4n) is 2.93. The smallest absolute Gasteiger partial charge is 0.240 e. The number of hydrogen-bond donors (Lipinski definition) is 2. The van der Waals surface area contributed by atoms with Gasteiger partial charge in [0.15, 0.2) is 0 Å². The van der Waals surface area contributed by atoms with Crippen molar-refractivity contribution in [2.24, 2.45) is 5.10 Å². The summed E-state index contributed by atoms with van der Waals surface area (Å²) in [5, 5.41) is 14.4. The lowest BCUT2D eigenvalue weighted by Crippen LogP contribution is -2.23. The highest BCUT2D eigenvalue weighted by Gasteiger charge is 2.10. The third-order valence-corrected chi connectivity index (χ3v) is 4.51. The van der Waals surface area contributed by atoms with Crippen LogP contribution in [-0.2, 0) is 16.1 Å². The van der Waals surface area contributed by atoms with Gasteiger partial charge in [0.2, 0.25) is 5.91 Å². The summed E-state index contributed by atoms with van der Waals surface area (Å²) in [6.45, 7) is 0.622. The fourth-order valence-corrected chi connectivity index (χ4v) is 2.93. The van der Waals surface area contributed by atoms with Gasteiger partial charge in [-0.15, -0.1) is 0 Å². The molecule has 3 aromatic carbocycles. The van der Waals surface area contributed by atoms with Gasteiger partial charge in [0, 0.05) is 17.5 Å². The summed E-state index contributed by atoms with van der Waals surface area (Å²) in [6.07, 6.45) is -0.232. The monoisotopic (exact) mass is 402 g/mol. The van der Waals surface area contributed by atoms with E-state index in [1.54, 1.807) is 0 Å². The number of nitrogens with zero attached hydrogens (tertiary/aromatic N) is 1. The molecule has 1 amide bonds. The molecule has 5 heteroatoms. The Bertz CT molecular complexity index is 887. The quantitative estimate of drug-likeness (QED) is 0.399. The number of rotatable bonds is 10. The first-order valence-electron chi connectivity index (χ1n) is 9.99. The Morgan fingerprint density at radius 3 is 1.97 bits per heavy atom. The normalized spacial score (nSPS) is 11.5. The van der Waals surface area contributed by atoms with Crippen molar-refractivity contribution in [1.29, 1.82) is 0 Å². The second-order valence-corrected chi connectivity index (χ2v) is 6.92. The molecule has 1 atom stereocenters. The van der Waals surface area contributed by atoms with Gasteiger partial charge >= 0.3 is 0 Å². The molecule has 3 rings (SSSR count). The minimum absolute atomic E-state index is 0.163. The third-order valence-electron chi connectivity index (χ3n) is 4.51. The molecule has 0 saturated carbocycles. The summed E-state index contributed by atoms with van der Waals surface area (Å²) in [4.78, 5) is 12.2. The Morgan fingerprint density at radius 1 is 0.867 bits per heavy atom. The van der Waals surface area contributed by atoms with Gasteiger partial charge in [0.25, 0.3) is 0 Å². The number of hydrogen-bond acceptors (Lipinski definition) is 4. The third kappa shape index (κ3) is 6.95. The van der Waals surface area contributed by atoms with Gasteiger partial charge in [0.1, 0.15) is 0 Å². The summed E-state index contributed by atoms with van der Waals surface area (Å²) >= 11 is 0. The van der Waals surface area contributed by atoms with E-state index in [0.29, 0.717) is 18.7 Å². The summed E-state index contributed by atoms with van der Waals surface area (Å²) in [5.41, 5.74) is 6.18. The van der Waals surface area contributed by atoms with Crippen molar-refractivity contribution in [3.63, 3.8) is 0 Å². The van der Waals surface area contributed by atoms with Crippen LogP contribution in [0, 0.1) is 0 Å². The van der Waals surface area contributed by atoms with E-state index >= 15 is 0 Å². The molecule has 2 N–H and O–H groups in total. The highest BCUT2D eigenvalue weighted by atomic mass is 16.5. The molecule has 3 aromatic rings. The van der Waals surface area contributed by atoms with Crippen molar-refractivity contribution in [2.45, 2.75) is 25.6 Å². The molecule has 0 radical (unpaired) electrons. The molecule has 30 heavy (non-hydrogen) atoms. The van der Waals surface area contributed by atoms with E-state index in [4.69, 9.17) is 4.74 Å². The van der Waals surface area contributed by atoms with Crippen molar-refractivity contribution >= 4 is 11.6 Å². The summed E-state index contributed by atoms with van der Waals surface area (Å²) in [7, 11) is 0. The zero-order valence-corrected chi connectivity index (χ0v) is 16.8. The molecule has 0 fully saturated rings. The summed E-state index contributed by atoms with van der Waals surface area (Å²) < 4.78 is 5.52. The summed E-state index contributed by atoms with van der Waals surface area (Å²) in [5.74, 6) is -0.249. The Labute approximate surface area is 177 Å². The number of aliphatic hydroxyl groups excluding tert-OH is 1. The molecule has 1 unspecified atom stereocenters. The number of hydrazone groups is 1. The number of amides is 1. The number of nitrogens with one attached hydrogen (secondary N) is 1. The zero-order chi connectivity index (χ0) is 21.0. The average Bonchev–Trinajstić information content (AvgIpc) is 2.80. The maximum absolute atomic E-state index is 12.2. The van der Waals surface area contributed by atoms with Crippen molar-refractivity contribution in [1.82, 2.24) is 5.43 Å². The minimum atomic E-state index is -0.703. The zero-order valence-electron chi connectivity index (χ0n) is 16.8. The lowest BCUT2D eigenvalue weighted by atomic mass is 10.0. The van der Waals surface area contributed by atoms with Crippen molar-refractivity contribution in [2.75, 3.05) is 6.61 Å². The first-order valence-corrected chi connectivity index (χ1v) is 9.99. The Morgan fingerprint density at radius 2 is 1.40 bits per heavy atom. The maximum Gasteiger partial charge on any atom is 0.240 e. The first kappa shape index (κ1) is 21.4. The van der Waals surface area contributed by atoms with Gasteiger partial charge in [-0.25, -0.2) is 5.43 Å². The van der Waals surface area contributed by atoms with E-state index in [-0.39, 0.29) is 18.9 Å². The number of aliphatic hydroxyl groups is 1. The molecular formula is C25H26N2O3. The van der Waals surface area contributed by atoms with E-state index in [1.165, 1.54) is 0 Å². The van der Waals surface area contributed by atoms with Crippen molar-refractivity contribution in [3.05, 3.63) is 108 Å². The van der Waals surface area contributed by atoms with Gasteiger partial charge in [-0.3, -0.25) is 4.79 Å². The van der Waals surface area contributed by atoms with Gasteiger partial charge in [0.05, 0.1) is 25.0 Å². The van der Waals surface area contributed by atoms with Crippen LogP contribution >= 0.6 is 0 Å². The predicted octanol–water partition coefficient (Wildman–Crippen LogP) is 3.91. The SMILES string of the molecule is O=C(CCC(O)COCc1ccccc1)NN=C(c1ccccc1)c1ccccc1. The molecule has 0 aliphatic carbocycles. The molecule has 0 saturated heterocycles. The topological polar surface area (TPSA) is 70.9 Å². The average molecular weight is 402 g/mol. The number of carbonyl (C=O) groups is 1. The maximum atomic E-state index is 12.2. The van der Waals surface area contributed by atoms with E-state index in [2.05, 4.69) is 10.5 Å². The van der Waals surface area contributed by atoms with E-state index in [1.807, 2.05) is 91.0 Å². The van der Waals surface area contributed by atoms with Crippen LogP contribution < -0.4 is 5.43 Å². The molecule has 0 aliphatic rings. The second-order valence-electron chi connectivity index (χ2n) is 6.92. The standard InChI is InChI=1S/C25H26N2O3/c28-23(19-30-18-20-10-4-1-5-11-20)16-17-24(29)26-27-25(21-12-6-2-7-13-21)22-14-8-3-9-15-22/h1-15,23,28H,16-19H2,(H,26,29). The van der Waals surface area contributed by atoms with Crippen LogP contribution in [0.1, 0.15) is 29.5 Å². The lowest BCUT2D eigenvalue weighted by Gasteiger charge is -2.11. The van der Waals surface area contributed by atoms with Gasteiger partial charge in [-0.2, -0.15) is 5.10 Å². The van der Waals surface area contributed by atoms with Gasteiger partial charge in [-0.05, 0) is 12.0 Å². The lowest BCUT2D eigenvalue weighted by molar-refractivity contribution is -0.121. The van der Waals surface area contributed by atoms with Crippen LogP contribution in [0.2, 0.25) is 0 Å². The molecule has 5 nitrogen and oxygen atoms in total. The Balaban J connectivity index is 1.49. The molecule has 0 aromatic heterocycles. The van der Waals surface area contributed by atoms with E-state index in [0.717, 1.165) is 16.7 Å². The van der Waals surface area contributed by atoms with Crippen molar-refractivity contribution in [3.8, 4) is 0 Å². The van der Waals surface area contributed by atoms with Crippen molar-refractivity contribution < 1.29 is 14.6 Å². The predicted molar refractivity (Wildman–Crippen MR) is 118 cm³/mol. The second kappa shape index (κ2) is 11.7. The van der Waals surface area contributed by atoms with Crippen LogP contribution in [0.4, 0.5) is 0 Å². The highest BCUT2D eigenvalue weighted by Crippen LogP contribution is 2.10. The minimum Gasteiger partial charge on any atom is -0.391 e. The van der Waals surface area contributed by atoms with Gasteiger partial charge < -0.3 is 9.84 Å². The fraction of sp³-hybridized carbons (Fsp3) is 0.200. The number of benzene rings is 3. The molecule has 0 spiro atoms. The van der Waals surface area contributed by atoms with E-state index in [9.17, 15) is 9.90 Å². The van der Waals surface area contributed by atoms with Crippen LogP contribution in [0.5, 0.6) is 0 Å². The van der Waals surface area contributed by atoms with Crippen LogP contribution in [-0.4, -0.2) is 29.4 Å². The van der Waals surface area contributed by atoms with Gasteiger partial charge in [-0.1, -0.05) is 91.0 Å². The Hall–Kier alpha value is -3.28. The van der Waals surface area contributed by atoms with Crippen LogP contribution in [0.15, 0.2) is 96.1 Å². The molecule has 0 bridgehead atoms. The van der Waals surface area contributed by atoms with Crippen LogP contribution in [0.3, 0.4) is 0 Å². The Kier molecular flexibility index (Phi) is 8.33. The van der Waals surface area contributed by atoms with Crippen LogP contribution in [0.25, 0.3) is 0 Å². The number of carbonyl (C=O) groups excluding carboxylic acids is 1. The largest absolute Gasteiger partial charge is 0.391 e. The molecule has 154 valence electrons. The van der Waals surface area contributed by atoms with E-state index < -0.39 is 6.10 Å². The molecular weight excluding hydrogens is 376 g/mol. The first-order chi connectivity index (χ1) is 14.7.